The monoisotopic (exact) mass is 543 g/mol. The van der Waals surface area contributed by atoms with E-state index < -0.39 is 0 Å². The van der Waals surface area contributed by atoms with Gasteiger partial charge in [0, 0.05) is 32.0 Å². The Morgan fingerprint density at radius 2 is 1.88 bits per heavy atom. The van der Waals surface area contributed by atoms with Gasteiger partial charge >= 0.3 is 0 Å². The van der Waals surface area contributed by atoms with Crippen molar-refractivity contribution in [2.24, 2.45) is 4.99 Å². The first-order valence-corrected chi connectivity index (χ1v) is 10.8. The smallest absolute Gasteiger partial charge is 0.191 e. The Morgan fingerprint density at radius 1 is 1.06 bits per heavy atom. The van der Waals surface area contributed by atoms with Crippen molar-refractivity contribution >= 4 is 41.0 Å². The summed E-state index contributed by atoms with van der Waals surface area (Å²) in [5.74, 6) is 1.88. The highest BCUT2D eigenvalue weighted by Crippen LogP contribution is 2.16. The van der Waals surface area contributed by atoms with Crippen molar-refractivity contribution in [2.75, 3.05) is 13.1 Å². The third-order valence-electron chi connectivity index (χ3n) is 5.22. The van der Waals surface area contributed by atoms with E-state index in [1.54, 1.807) is 6.20 Å². The van der Waals surface area contributed by atoms with Gasteiger partial charge < -0.3 is 19.8 Å². The van der Waals surface area contributed by atoms with E-state index in [4.69, 9.17) is 4.99 Å². The fraction of sp³-hybridized carbons (Fsp3) is 0.292. The Bertz CT molecular complexity index is 1150. The third-order valence-corrected chi connectivity index (χ3v) is 5.22. The van der Waals surface area contributed by atoms with Crippen LogP contribution in [-0.2, 0) is 13.1 Å². The molecular formula is C24H30IN7. The lowest BCUT2D eigenvalue weighted by molar-refractivity contribution is 0.624. The molecular weight excluding hydrogens is 513 g/mol. The van der Waals surface area contributed by atoms with Crippen LogP contribution in [0.5, 0.6) is 0 Å². The number of aromatic nitrogens is 4. The van der Waals surface area contributed by atoms with Gasteiger partial charge in [-0.1, -0.05) is 30.3 Å². The summed E-state index contributed by atoms with van der Waals surface area (Å²) in [5, 5.41) is 6.80. The SMILES string of the molecule is CCNC(=NCc1ccccc1-n1ccnc1)NCCCn1c(C)nc2ccccc21.I. The van der Waals surface area contributed by atoms with Crippen molar-refractivity contribution in [3.63, 3.8) is 0 Å². The van der Waals surface area contributed by atoms with Gasteiger partial charge in [-0.2, -0.15) is 0 Å². The first-order chi connectivity index (χ1) is 15.3. The maximum Gasteiger partial charge on any atom is 0.191 e. The second-order valence-electron chi connectivity index (χ2n) is 7.37. The zero-order chi connectivity index (χ0) is 21.5. The molecule has 0 saturated carbocycles. The number of fused-ring (bicyclic) bond motifs is 1. The Labute approximate surface area is 206 Å². The molecule has 0 aliphatic heterocycles. The second kappa shape index (κ2) is 11.7. The molecule has 4 aromatic rings. The molecule has 168 valence electrons. The average Bonchev–Trinajstić information content (AvgIpc) is 3.43. The van der Waals surface area contributed by atoms with Gasteiger partial charge in [0.25, 0.3) is 0 Å². The van der Waals surface area contributed by atoms with E-state index in [1.807, 2.05) is 35.3 Å². The summed E-state index contributed by atoms with van der Waals surface area (Å²) in [7, 11) is 0. The number of hydrogen-bond donors (Lipinski definition) is 2. The molecule has 0 spiro atoms. The molecule has 0 aliphatic rings. The number of aliphatic imine (C=N–C) groups is 1. The van der Waals surface area contributed by atoms with Crippen LogP contribution >= 0.6 is 24.0 Å². The lowest BCUT2D eigenvalue weighted by Gasteiger charge is -2.13. The number of nitrogens with zero attached hydrogens (tertiary/aromatic N) is 5. The molecule has 7 nitrogen and oxygen atoms in total. The zero-order valence-electron chi connectivity index (χ0n) is 18.5. The number of rotatable bonds is 8. The van der Waals surface area contributed by atoms with Crippen LogP contribution < -0.4 is 10.6 Å². The van der Waals surface area contributed by atoms with Gasteiger partial charge in [-0.25, -0.2) is 15.0 Å². The summed E-state index contributed by atoms with van der Waals surface area (Å²) in [6, 6.07) is 16.6. The predicted octanol–water partition coefficient (Wildman–Crippen LogP) is 4.29. The molecule has 0 amide bonds. The topological polar surface area (TPSA) is 72.1 Å². The van der Waals surface area contributed by atoms with E-state index >= 15 is 0 Å². The number of nitrogens with one attached hydrogen (secondary N) is 2. The van der Waals surface area contributed by atoms with E-state index in [0.717, 1.165) is 54.6 Å². The summed E-state index contributed by atoms with van der Waals surface area (Å²) >= 11 is 0. The lowest BCUT2D eigenvalue weighted by atomic mass is 10.2. The highest BCUT2D eigenvalue weighted by molar-refractivity contribution is 14.0. The molecule has 0 fully saturated rings. The van der Waals surface area contributed by atoms with E-state index in [-0.39, 0.29) is 24.0 Å². The van der Waals surface area contributed by atoms with Crippen LogP contribution in [-0.4, -0.2) is 38.2 Å². The van der Waals surface area contributed by atoms with Crippen LogP contribution in [0.15, 0.2) is 72.2 Å². The number of halogens is 1. The Morgan fingerprint density at radius 3 is 2.69 bits per heavy atom. The molecule has 2 aromatic heterocycles. The average molecular weight is 543 g/mol. The van der Waals surface area contributed by atoms with Crippen LogP contribution in [0.2, 0.25) is 0 Å². The summed E-state index contributed by atoms with van der Waals surface area (Å²) in [6.45, 7) is 7.31. The molecule has 2 heterocycles. The minimum absolute atomic E-state index is 0. The Balaban J connectivity index is 0.00000289. The minimum Gasteiger partial charge on any atom is -0.357 e. The van der Waals surface area contributed by atoms with E-state index in [1.165, 1.54) is 5.52 Å². The maximum absolute atomic E-state index is 4.80. The van der Waals surface area contributed by atoms with Crippen molar-refractivity contribution in [2.45, 2.75) is 33.4 Å². The highest BCUT2D eigenvalue weighted by Gasteiger charge is 2.07. The predicted molar refractivity (Wildman–Crippen MR) is 141 cm³/mol. The minimum atomic E-state index is 0. The lowest BCUT2D eigenvalue weighted by Crippen LogP contribution is -2.38. The number of imidazole rings is 2. The molecule has 4 rings (SSSR count). The van der Waals surface area contributed by atoms with E-state index in [2.05, 4.69) is 69.3 Å². The van der Waals surface area contributed by atoms with Gasteiger partial charge in [0.2, 0.25) is 0 Å². The van der Waals surface area contributed by atoms with Crippen LogP contribution in [0.1, 0.15) is 24.7 Å². The maximum atomic E-state index is 4.80. The van der Waals surface area contributed by atoms with Gasteiger partial charge in [0.05, 0.1) is 29.6 Å². The summed E-state index contributed by atoms with van der Waals surface area (Å²) in [4.78, 5) is 13.6. The van der Waals surface area contributed by atoms with Gasteiger partial charge in [-0.3, -0.25) is 0 Å². The molecule has 0 saturated heterocycles. The summed E-state index contributed by atoms with van der Waals surface area (Å²) < 4.78 is 4.30. The first kappa shape index (κ1) is 23.8. The van der Waals surface area contributed by atoms with Crippen molar-refractivity contribution in [3.05, 3.63) is 78.6 Å². The standard InChI is InChI=1S/C24H29N7.HI/c1-3-26-24(28-17-20-9-4-6-11-22(20)30-16-14-25-18-30)27-13-8-15-31-19(2)29-21-10-5-7-12-23(21)31;/h4-7,9-12,14,16,18H,3,8,13,15,17H2,1-2H3,(H2,26,27,28);1H. The number of hydrogen-bond acceptors (Lipinski definition) is 3. The quantitative estimate of drug-likeness (QED) is 0.151. The Kier molecular flexibility index (Phi) is 8.66. The Hall–Kier alpha value is -2.88. The van der Waals surface area contributed by atoms with E-state index in [9.17, 15) is 0 Å². The van der Waals surface area contributed by atoms with Gasteiger partial charge in [-0.05, 0) is 44.0 Å². The molecule has 0 bridgehead atoms. The molecule has 8 heteroatoms. The van der Waals surface area contributed by atoms with Gasteiger partial charge in [0.1, 0.15) is 5.82 Å². The fourth-order valence-corrected chi connectivity index (χ4v) is 3.73. The van der Waals surface area contributed by atoms with Crippen LogP contribution in [0.4, 0.5) is 0 Å². The van der Waals surface area contributed by atoms with E-state index in [0.29, 0.717) is 6.54 Å². The largest absolute Gasteiger partial charge is 0.357 e. The number of aryl methyl sites for hydroxylation is 2. The van der Waals surface area contributed by atoms with Crippen molar-refractivity contribution in [1.82, 2.24) is 29.7 Å². The van der Waals surface area contributed by atoms with Crippen molar-refractivity contribution in [3.8, 4) is 5.69 Å². The normalized spacial score (nSPS) is 11.4. The van der Waals surface area contributed by atoms with Crippen LogP contribution in [0.25, 0.3) is 16.7 Å². The van der Waals surface area contributed by atoms with Crippen LogP contribution in [0, 0.1) is 6.92 Å². The first-order valence-electron chi connectivity index (χ1n) is 10.8. The number of guanidine groups is 1. The third kappa shape index (κ3) is 5.67. The van der Waals surface area contributed by atoms with Crippen LogP contribution in [0.3, 0.4) is 0 Å². The van der Waals surface area contributed by atoms with Gasteiger partial charge in [0.15, 0.2) is 5.96 Å². The number of benzene rings is 2. The molecule has 32 heavy (non-hydrogen) atoms. The molecule has 0 atom stereocenters. The zero-order valence-corrected chi connectivity index (χ0v) is 20.9. The molecule has 2 N–H and O–H groups in total. The molecule has 0 unspecified atom stereocenters. The van der Waals surface area contributed by atoms with Crippen molar-refractivity contribution < 1.29 is 0 Å². The molecule has 0 radical (unpaired) electrons. The van der Waals surface area contributed by atoms with Gasteiger partial charge in [-0.15, -0.1) is 24.0 Å². The van der Waals surface area contributed by atoms with Crippen molar-refractivity contribution in [1.29, 1.82) is 0 Å². The molecule has 0 aliphatic carbocycles. The highest BCUT2D eigenvalue weighted by atomic mass is 127. The fourth-order valence-electron chi connectivity index (χ4n) is 3.73. The molecule has 2 aromatic carbocycles. The summed E-state index contributed by atoms with van der Waals surface area (Å²) in [6.07, 6.45) is 6.54. The second-order valence-corrected chi connectivity index (χ2v) is 7.37. The number of para-hydroxylation sites is 3. The summed E-state index contributed by atoms with van der Waals surface area (Å²) in [5.41, 5.74) is 4.50.